The van der Waals surface area contributed by atoms with Gasteiger partial charge in [0.15, 0.2) is 5.78 Å². The molecular weight excluding hydrogens is 435 g/mol. The average Bonchev–Trinajstić information content (AvgIpc) is 3.27. The summed E-state index contributed by atoms with van der Waals surface area (Å²) in [6.07, 6.45) is -2.16. The summed E-state index contributed by atoms with van der Waals surface area (Å²) in [4.78, 5) is 14.5. The van der Waals surface area contributed by atoms with Crippen LogP contribution in [0, 0.1) is 0 Å². The number of thiophene rings is 1. The lowest BCUT2D eigenvalue weighted by molar-refractivity contribution is -0.137. The Balaban J connectivity index is 1.88. The zero-order valence-electron chi connectivity index (χ0n) is 16.5. The second-order valence-electron chi connectivity index (χ2n) is 6.95. The summed E-state index contributed by atoms with van der Waals surface area (Å²) in [5.74, 6) is -0.664. The first-order valence-electron chi connectivity index (χ1n) is 9.36. The van der Waals surface area contributed by atoms with Crippen molar-refractivity contribution in [2.75, 3.05) is 6.54 Å². The molecule has 0 saturated heterocycles. The van der Waals surface area contributed by atoms with Gasteiger partial charge in [-0.25, -0.2) is 0 Å². The maximum absolute atomic E-state index is 13.0. The van der Waals surface area contributed by atoms with Gasteiger partial charge in [-0.05, 0) is 30.7 Å². The minimum absolute atomic E-state index is 0.0278. The van der Waals surface area contributed by atoms with Gasteiger partial charge in [0, 0.05) is 29.8 Å². The Morgan fingerprint density at radius 3 is 2.63 bits per heavy atom. The molecule has 9 heteroatoms. The number of hydrogen-bond donors (Lipinski definition) is 1. The van der Waals surface area contributed by atoms with E-state index < -0.39 is 17.7 Å². The highest BCUT2D eigenvalue weighted by atomic mass is 35.5. The number of halogens is 4. The number of ketones is 1. The first kappa shape index (κ1) is 22.5. The quantitative estimate of drug-likeness (QED) is 0.465. The Hall–Kier alpha value is -2.16. The molecule has 0 aliphatic heterocycles. The van der Waals surface area contributed by atoms with Crippen molar-refractivity contribution in [1.29, 1.82) is 0 Å². The number of carbonyl (C=O) groups is 1. The molecule has 0 fully saturated rings. The van der Waals surface area contributed by atoms with Gasteiger partial charge in [-0.3, -0.25) is 9.48 Å². The standard InChI is InChI=1S/C21H21ClF3N3OS/c1-3-18-15(20-16(22)11-27-28(20)2)9-19(30-18)17(29)8-13(10-26)12-5-4-6-14(7-12)21(23,24)25/h4-7,9,11,13H,3,8,10,26H2,1-2H3/t13-/m1/s1. The summed E-state index contributed by atoms with van der Waals surface area (Å²) < 4.78 is 40.8. The molecule has 4 nitrogen and oxygen atoms in total. The number of alkyl halides is 3. The second kappa shape index (κ2) is 8.91. The molecule has 0 amide bonds. The molecule has 0 radical (unpaired) electrons. The van der Waals surface area contributed by atoms with Crippen LogP contribution < -0.4 is 5.73 Å². The van der Waals surface area contributed by atoms with Gasteiger partial charge in [0.05, 0.1) is 27.4 Å². The van der Waals surface area contributed by atoms with Gasteiger partial charge in [0.2, 0.25) is 0 Å². The highest BCUT2D eigenvalue weighted by Crippen LogP contribution is 2.37. The zero-order chi connectivity index (χ0) is 22.1. The summed E-state index contributed by atoms with van der Waals surface area (Å²) >= 11 is 7.63. The van der Waals surface area contributed by atoms with E-state index in [4.69, 9.17) is 17.3 Å². The third-order valence-corrected chi connectivity index (χ3v) is 6.55. The molecule has 0 bridgehead atoms. The second-order valence-corrected chi connectivity index (χ2v) is 8.49. The Morgan fingerprint density at radius 2 is 2.07 bits per heavy atom. The fraction of sp³-hybridized carbons (Fsp3) is 0.333. The summed E-state index contributed by atoms with van der Waals surface area (Å²) in [6, 6.07) is 6.78. The van der Waals surface area contributed by atoms with Crippen LogP contribution in [0.2, 0.25) is 5.02 Å². The third kappa shape index (κ3) is 4.61. The number of nitrogens with two attached hydrogens (primary N) is 1. The van der Waals surface area contributed by atoms with Gasteiger partial charge >= 0.3 is 6.18 Å². The van der Waals surface area contributed by atoms with Crippen LogP contribution in [0.15, 0.2) is 36.5 Å². The normalized spacial score (nSPS) is 12.9. The van der Waals surface area contributed by atoms with Crippen molar-refractivity contribution in [2.24, 2.45) is 12.8 Å². The Morgan fingerprint density at radius 1 is 1.33 bits per heavy atom. The van der Waals surface area contributed by atoms with Crippen LogP contribution in [0.5, 0.6) is 0 Å². The van der Waals surface area contributed by atoms with Crippen LogP contribution in [-0.2, 0) is 19.6 Å². The number of aryl methyl sites for hydroxylation is 2. The number of hydrogen-bond acceptors (Lipinski definition) is 4. The Kier molecular flexibility index (Phi) is 6.69. The van der Waals surface area contributed by atoms with E-state index in [9.17, 15) is 18.0 Å². The fourth-order valence-electron chi connectivity index (χ4n) is 3.37. The van der Waals surface area contributed by atoms with E-state index in [1.54, 1.807) is 30.1 Å². The Bertz CT molecular complexity index is 1040. The van der Waals surface area contributed by atoms with Gasteiger partial charge in [-0.15, -0.1) is 11.3 Å². The molecule has 2 N–H and O–H groups in total. The number of carbonyl (C=O) groups excluding carboxylic acids is 1. The molecule has 3 aromatic rings. The van der Waals surface area contributed by atoms with Crippen LogP contribution in [0.25, 0.3) is 11.3 Å². The number of Topliss-reactive ketones (excluding diaryl/α,β-unsaturated/α-hetero) is 1. The van der Waals surface area contributed by atoms with Crippen molar-refractivity contribution in [3.8, 4) is 11.3 Å². The largest absolute Gasteiger partial charge is 0.416 e. The van der Waals surface area contributed by atoms with Crippen molar-refractivity contribution in [2.45, 2.75) is 31.9 Å². The minimum atomic E-state index is -4.44. The number of nitrogens with zero attached hydrogens (tertiary/aromatic N) is 2. The number of benzene rings is 1. The van der Waals surface area contributed by atoms with Crippen molar-refractivity contribution >= 4 is 28.7 Å². The monoisotopic (exact) mass is 455 g/mol. The highest BCUT2D eigenvalue weighted by molar-refractivity contribution is 7.14. The summed E-state index contributed by atoms with van der Waals surface area (Å²) in [6.45, 7) is 2.05. The van der Waals surface area contributed by atoms with Crippen LogP contribution in [0.3, 0.4) is 0 Å². The van der Waals surface area contributed by atoms with Crippen LogP contribution in [-0.4, -0.2) is 22.1 Å². The summed E-state index contributed by atoms with van der Waals surface area (Å²) in [5, 5.41) is 4.64. The van der Waals surface area contributed by atoms with E-state index in [1.165, 1.54) is 17.4 Å². The maximum Gasteiger partial charge on any atom is 0.416 e. The van der Waals surface area contributed by atoms with E-state index in [2.05, 4.69) is 5.10 Å². The molecule has 1 atom stereocenters. The van der Waals surface area contributed by atoms with Gasteiger partial charge in [0.25, 0.3) is 0 Å². The topological polar surface area (TPSA) is 60.9 Å². The SMILES string of the molecule is CCc1sc(C(=O)C[C@H](CN)c2cccc(C(F)(F)F)c2)cc1-c1c(Cl)cnn1C. The lowest BCUT2D eigenvalue weighted by Gasteiger charge is -2.16. The Labute approximate surface area is 181 Å². The smallest absolute Gasteiger partial charge is 0.330 e. The zero-order valence-corrected chi connectivity index (χ0v) is 18.0. The number of aromatic nitrogens is 2. The molecule has 0 spiro atoms. The van der Waals surface area contributed by atoms with E-state index >= 15 is 0 Å². The van der Waals surface area contributed by atoms with Crippen molar-refractivity contribution in [3.05, 3.63) is 62.4 Å². The van der Waals surface area contributed by atoms with Gasteiger partial charge in [0.1, 0.15) is 0 Å². The van der Waals surface area contributed by atoms with Crippen LogP contribution in [0.4, 0.5) is 13.2 Å². The fourth-order valence-corrected chi connectivity index (χ4v) is 4.69. The van der Waals surface area contributed by atoms with E-state index in [0.717, 1.165) is 28.3 Å². The third-order valence-electron chi connectivity index (χ3n) is 4.96. The van der Waals surface area contributed by atoms with E-state index in [1.807, 2.05) is 6.92 Å². The van der Waals surface area contributed by atoms with Crippen LogP contribution in [0.1, 0.15) is 44.9 Å². The first-order chi connectivity index (χ1) is 14.2. The summed E-state index contributed by atoms with van der Waals surface area (Å²) in [7, 11) is 1.78. The maximum atomic E-state index is 13.0. The molecule has 0 unspecified atom stereocenters. The molecule has 2 heterocycles. The van der Waals surface area contributed by atoms with E-state index in [0.29, 0.717) is 21.9 Å². The predicted octanol–water partition coefficient (Wildman–Crippen LogP) is 5.70. The minimum Gasteiger partial charge on any atom is -0.330 e. The lowest BCUT2D eigenvalue weighted by Crippen LogP contribution is -2.17. The highest BCUT2D eigenvalue weighted by Gasteiger charge is 2.31. The van der Waals surface area contributed by atoms with Crippen molar-refractivity contribution in [1.82, 2.24) is 9.78 Å². The van der Waals surface area contributed by atoms with Gasteiger partial charge < -0.3 is 5.73 Å². The predicted molar refractivity (Wildman–Crippen MR) is 113 cm³/mol. The molecular formula is C21H21ClF3N3OS. The molecule has 0 saturated carbocycles. The molecule has 0 aliphatic rings. The van der Waals surface area contributed by atoms with Crippen molar-refractivity contribution < 1.29 is 18.0 Å². The molecule has 30 heavy (non-hydrogen) atoms. The number of rotatable bonds is 7. The molecule has 160 valence electrons. The molecule has 0 aliphatic carbocycles. The van der Waals surface area contributed by atoms with Crippen molar-refractivity contribution in [3.63, 3.8) is 0 Å². The average molecular weight is 456 g/mol. The lowest BCUT2D eigenvalue weighted by atomic mass is 9.92. The molecule has 2 aromatic heterocycles. The van der Waals surface area contributed by atoms with Gasteiger partial charge in [-0.2, -0.15) is 18.3 Å². The van der Waals surface area contributed by atoms with Gasteiger partial charge in [-0.1, -0.05) is 36.7 Å². The summed E-state index contributed by atoms with van der Waals surface area (Å²) in [5.41, 5.74) is 7.05. The first-order valence-corrected chi connectivity index (χ1v) is 10.6. The van der Waals surface area contributed by atoms with Crippen LogP contribution >= 0.6 is 22.9 Å². The molecule has 1 aromatic carbocycles. The molecule has 3 rings (SSSR count). The van der Waals surface area contributed by atoms with E-state index in [-0.39, 0.29) is 18.7 Å².